The molecule has 0 aromatic carbocycles. The lowest BCUT2D eigenvalue weighted by Crippen LogP contribution is -2.16. The van der Waals surface area contributed by atoms with Gasteiger partial charge in [-0.05, 0) is 12.1 Å². The van der Waals surface area contributed by atoms with E-state index >= 15 is 0 Å². The predicted octanol–water partition coefficient (Wildman–Crippen LogP) is 1.22. The fourth-order valence-corrected chi connectivity index (χ4v) is 0.748. The van der Waals surface area contributed by atoms with Crippen molar-refractivity contribution in [1.82, 2.24) is 10.3 Å². The number of nitrogens with zero attached hydrogens (tertiary/aromatic N) is 1. The van der Waals surface area contributed by atoms with E-state index in [9.17, 15) is 4.79 Å². The highest BCUT2D eigenvalue weighted by atomic mass is 32.1. The summed E-state index contributed by atoms with van der Waals surface area (Å²) in [7, 11) is 0. The molecule has 0 unspecified atom stereocenters. The molecule has 1 aromatic heterocycles. The van der Waals surface area contributed by atoms with Gasteiger partial charge in [-0.1, -0.05) is 18.7 Å². The van der Waals surface area contributed by atoms with Gasteiger partial charge >= 0.3 is 0 Å². The number of amides is 1. The molecule has 1 heterocycles. The van der Waals surface area contributed by atoms with E-state index in [4.69, 9.17) is 0 Å². The summed E-state index contributed by atoms with van der Waals surface area (Å²) in [6, 6.07) is 5.53. The van der Waals surface area contributed by atoms with Crippen LogP contribution in [0.4, 0.5) is 4.79 Å². The van der Waals surface area contributed by atoms with Crippen molar-refractivity contribution in [2.45, 2.75) is 6.54 Å². The van der Waals surface area contributed by atoms with Gasteiger partial charge in [-0.25, -0.2) is 0 Å². The zero-order chi connectivity index (χ0) is 8.10. The number of carbonyl (C=O) groups excluding carboxylic acids is 1. The number of hydrogen-bond acceptors (Lipinski definition) is 2. The lowest BCUT2D eigenvalue weighted by molar-refractivity contribution is 0.260. The number of rotatable bonds is 2. The lowest BCUT2D eigenvalue weighted by atomic mass is 10.3. The Bertz CT molecular complexity index is 237. The van der Waals surface area contributed by atoms with Crippen molar-refractivity contribution < 1.29 is 4.79 Å². The third kappa shape index (κ3) is 3.04. The molecule has 3 nitrogen and oxygen atoms in total. The van der Waals surface area contributed by atoms with Gasteiger partial charge in [-0.15, -0.1) is 0 Å². The summed E-state index contributed by atoms with van der Waals surface area (Å²) in [6.45, 7) is 0.434. The standard InChI is InChI=1S/C7H8N2OS/c10-7(11)9-5-6-3-1-2-4-8-6/h1-4H,5H2,(H2,9,10,11). The summed E-state index contributed by atoms with van der Waals surface area (Å²) >= 11 is 3.55. The summed E-state index contributed by atoms with van der Waals surface area (Å²) in [5.41, 5.74) is 0.829. The lowest BCUT2D eigenvalue weighted by Gasteiger charge is -1.98. The fraction of sp³-hybridized carbons (Fsp3) is 0.143. The van der Waals surface area contributed by atoms with Gasteiger partial charge in [0, 0.05) is 6.20 Å². The Morgan fingerprint density at radius 1 is 1.64 bits per heavy atom. The van der Waals surface area contributed by atoms with Crippen molar-refractivity contribution in [2.24, 2.45) is 0 Å². The summed E-state index contributed by atoms with van der Waals surface area (Å²) in [4.78, 5) is 14.3. The van der Waals surface area contributed by atoms with Gasteiger partial charge < -0.3 is 5.32 Å². The van der Waals surface area contributed by atoms with Crippen molar-refractivity contribution in [2.75, 3.05) is 0 Å². The van der Waals surface area contributed by atoms with E-state index in [1.165, 1.54) is 0 Å². The van der Waals surface area contributed by atoms with Crippen LogP contribution in [0, 0.1) is 0 Å². The third-order valence-electron chi connectivity index (χ3n) is 1.15. The number of nitrogens with one attached hydrogen (secondary N) is 1. The minimum atomic E-state index is -0.337. The van der Waals surface area contributed by atoms with E-state index in [2.05, 4.69) is 22.9 Å². The maximum atomic E-state index is 10.3. The first-order chi connectivity index (χ1) is 5.29. The summed E-state index contributed by atoms with van der Waals surface area (Å²) in [6.07, 6.45) is 1.68. The van der Waals surface area contributed by atoms with E-state index in [0.717, 1.165) is 5.69 Å². The minimum absolute atomic E-state index is 0.337. The van der Waals surface area contributed by atoms with Crippen molar-refractivity contribution >= 4 is 17.9 Å². The first-order valence-corrected chi connectivity index (χ1v) is 3.60. The Kier molecular flexibility index (Phi) is 2.92. The van der Waals surface area contributed by atoms with Gasteiger partial charge in [-0.2, -0.15) is 0 Å². The molecule has 11 heavy (non-hydrogen) atoms. The number of aromatic nitrogens is 1. The molecule has 0 saturated heterocycles. The Morgan fingerprint density at radius 2 is 2.45 bits per heavy atom. The monoisotopic (exact) mass is 168 g/mol. The van der Waals surface area contributed by atoms with Gasteiger partial charge in [0.1, 0.15) is 0 Å². The molecule has 0 aliphatic carbocycles. The van der Waals surface area contributed by atoms with Crippen LogP contribution in [-0.2, 0) is 6.54 Å². The molecule has 1 amide bonds. The van der Waals surface area contributed by atoms with Crippen LogP contribution in [0.25, 0.3) is 0 Å². The fourth-order valence-electron chi connectivity index (χ4n) is 0.669. The van der Waals surface area contributed by atoms with Crippen LogP contribution in [-0.4, -0.2) is 10.2 Å². The predicted molar refractivity (Wildman–Crippen MR) is 45.5 cm³/mol. The molecule has 0 radical (unpaired) electrons. The molecular weight excluding hydrogens is 160 g/mol. The molecule has 4 heteroatoms. The minimum Gasteiger partial charge on any atom is -0.342 e. The van der Waals surface area contributed by atoms with Crippen LogP contribution in [0.2, 0.25) is 0 Å². The van der Waals surface area contributed by atoms with Crippen LogP contribution < -0.4 is 5.32 Å². The van der Waals surface area contributed by atoms with Crippen molar-refractivity contribution in [3.05, 3.63) is 30.1 Å². The van der Waals surface area contributed by atoms with E-state index in [-0.39, 0.29) is 5.24 Å². The Labute approximate surface area is 70.2 Å². The molecule has 1 N–H and O–H groups in total. The third-order valence-corrected chi connectivity index (χ3v) is 1.30. The van der Waals surface area contributed by atoms with E-state index in [0.29, 0.717) is 6.54 Å². The molecule has 1 rings (SSSR count). The van der Waals surface area contributed by atoms with Gasteiger partial charge in [0.05, 0.1) is 12.2 Å². The molecule has 0 atom stereocenters. The Balaban J connectivity index is 2.45. The summed E-state index contributed by atoms with van der Waals surface area (Å²) in [5.74, 6) is 0. The summed E-state index contributed by atoms with van der Waals surface area (Å²) in [5, 5.41) is 2.19. The van der Waals surface area contributed by atoms with Crippen LogP contribution in [0.5, 0.6) is 0 Å². The molecule has 1 aromatic rings. The molecule has 0 aliphatic rings. The van der Waals surface area contributed by atoms with Gasteiger partial charge in [0.25, 0.3) is 5.24 Å². The first kappa shape index (κ1) is 8.07. The molecule has 0 fully saturated rings. The largest absolute Gasteiger partial charge is 0.342 e. The van der Waals surface area contributed by atoms with Crippen molar-refractivity contribution in [3.63, 3.8) is 0 Å². The normalized spacial score (nSPS) is 9.18. The van der Waals surface area contributed by atoms with E-state index < -0.39 is 0 Å². The average molecular weight is 168 g/mol. The molecule has 0 spiro atoms. The van der Waals surface area contributed by atoms with E-state index in [1.54, 1.807) is 6.20 Å². The second-order valence-electron chi connectivity index (χ2n) is 1.98. The highest BCUT2D eigenvalue weighted by molar-refractivity contribution is 7.96. The van der Waals surface area contributed by atoms with Crippen LogP contribution in [0.1, 0.15) is 5.69 Å². The molecule has 58 valence electrons. The van der Waals surface area contributed by atoms with Gasteiger partial charge in [0.15, 0.2) is 0 Å². The highest BCUT2D eigenvalue weighted by Crippen LogP contribution is 1.92. The SMILES string of the molecule is O=C(S)NCc1ccccn1. The van der Waals surface area contributed by atoms with Crippen LogP contribution in [0.15, 0.2) is 24.4 Å². The van der Waals surface area contributed by atoms with Crippen LogP contribution in [0.3, 0.4) is 0 Å². The Morgan fingerprint density at radius 3 is 3.00 bits per heavy atom. The first-order valence-electron chi connectivity index (χ1n) is 3.16. The number of carbonyl (C=O) groups is 1. The average Bonchev–Trinajstić information content (AvgIpc) is 2.03. The zero-order valence-corrected chi connectivity index (χ0v) is 6.71. The number of thiol groups is 1. The molecular formula is C7H8N2OS. The van der Waals surface area contributed by atoms with E-state index in [1.807, 2.05) is 18.2 Å². The molecule has 0 saturated carbocycles. The smallest absolute Gasteiger partial charge is 0.276 e. The molecule has 0 bridgehead atoms. The van der Waals surface area contributed by atoms with Gasteiger partial charge in [0.2, 0.25) is 0 Å². The van der Waals surface area contributed by atoms with Crippen molar-refractivity contribution in [1.29, 1.82) is 0 Å². The maximum absolute atomic E-state index is 10.3. The van der Waals surface area contributed by atoms with Crippen molar-refractivity contribution in [3.8, 4) is 0 Å². The second-order valence-corrected chi connectivity index (χ2v) is 2.39. The second kappa shape index (κ2) is 3.98. The quantitative estimate of drug-likeness (QED) is 0.652. The molecule has 0 aliphatic heterocycles. The maximum Gasteiger partial charge on any atom is 0.276 e. The van der Waals surface area contributed by atoms with Gasteiger partial charge in [-0.3, -0.25) is 9.78 Å². The topological polar surface area (TPSA) is 42.0 Å². The number of pyridine rings is 1. The highest BCUT2D eigenvalue weighted by Gasteiger charge is 1.93. The number of hydrogen-bond donors (Lipinski definition) is 2. The van der Waals surface area contributed by atoms with Crippen LogP contribution >= 0.6 is 12.6 Å². The Hall–Kier alpha value is -1.03. The summed E-state index contributed by atoms with van der Waals surface area (Å²) < 4.78 is 0. The zero-order valence-electron chi connectivity index (χ0n) is 5.82.